The Morgan fingerprint density at radius 3 is 2.88 bits per heavy atom. The van der Waals surface area contributed by atoms with Gasteiger partial charge in [-0.25, -0.2) is 5.43 Å². The van der Waals surface area contributed by atoms with Crippen molar-refractivity contribution in [2.24, 2.45) is 5.10 Å². The van der Waals surface area contributed by atoms with E-state index >= 15 is 0 Å². The van der Waals surface area contributed by atoms with Gasteiger partial charge in [0.2, 0.25) is 0 Å². The average Bonchev–Trinajstić information content (AvgIpc) is 2.62. The van der Waals surface area contributed by atoms with Crippen LogP contribution in [0.2, 0.25) is 5.02 Å². The van der Waals surface area contributed by atoms with Gasteiger partial charge in [-0.2, -0.15) is 5.10 Å². The highest BCUT2D eigenvalue weighted by Crippen LogP contribution is 2.36. The van der Waals surface area contributed by atoms with Crippen molar-refractivity contribution >= 4 is 23.7 Å². The van der Waals surface area contributed by atoms with E-state index in [1.54, 1.807) is 30.5 Å². The number of pyridine rings is 1. The lowest BCUT2D eigenvalue weighted by molar-refractivity contribution is 0.0955. The number of halogens is 1. The monoisotopic (exact) mass is 361 g/mol. The summed E-state index contributed by atoms with van der Waals surface area (Å²) in [6.07, 6.45) is 5.42. The number of nitrogens with one attached hydrogen (secondary N) is 1. The van der Waals surface area contributed by atoms with Crippen LogP contribution >= 0.6 is 11.6 Å². The van der Waals surface area contributed by atoms with Gasteiger partial charge in [-0.1, -0.05) is 18.5 Å². The standard InChI is InChI=1S/C18H20ClN3O3/c1-3-8-25-17-15(19)9-13(10-16(17)24-4-2)11-21-22-18(23)14-6-5-7-20-12-14/h5-7,9-12H,3-4,8H2,1-2H3,(H,22,23). The second-order valence-electron chi connectivity index (χ2n) is 5.05. The lowest BCUT2D eigenvalue weighted by Gasteiger charge is -2.13. The van der Waals surface area contributed by atoms with Gasteiger partial charge in [0.25, 0.3) is 5.91 Å². The summed E-state index contributed by atoms with van der Waals surface area (Å²) >= 11 is 6.28. The molecule has 0 spiro atoms. The molecular weight excluding hydrogens is 342 g/mol. The quantitative estimate of drug-likeness (QED) is 0.575. The molecule has 0 aliphatic carbocycles. The highest BCUT2D eigenvalue weighted by Gasteiger charge is 2.12. The molecule has 0 atom stereocenters. The second-order valence-corrected chi connectivity index (χ2v) is 5.46. The lowest BCUT2D eigenvalue weighted by atomic mass is 10.2. The first-order chi connectivity index (χ1) is 12.2. The largest absolute Gasteiger partial charge is 0.490 e. The van der Waals surface area contributed by atoms with Crippen LogP contribution in [0.5, 0.6) is 11.5 Å². The van der Waals surface area contributed by atoms with E-state index in [0.717, 1.165) is 6.42 Å². The summed E-state index contributed by atoms with van der Waals surface area (Å²) in [5.41, 5.74) is 3.55. The fourth-order valence-electron chi connectivity index (χ4n) is 2.00. The van der Waals surface area contributed by atoms with Crippen molar-refractivity contribution in [3.63, 3.8) is 0 Å². The Labute approximate surface area is 151 Å². The number of carbonyl (C=O) groups excluding carboxylic acids is 1. The van der Waals surface area contributed by atoms with Crippen molar-refractivity contribution < 1.29 is 14.3 Å². The predicted molar refractivity (Wildman–Crippen MR) is 97.7 cm³/mol. The number of carbonyl (C=O) groups is 1. The van der Waals surface area contributed by atoms with Crippen LogP contribution < -0.4 is 14.9 Å². The minimum atomic E-state index is -0.344. The number of hydrogen-bond donors (Lipinski definition) is 1. The van der Waals surface area contributed by atoms with Gasteiger partial charge in [0, 0.05) is 12.4 Å². The first-order valence-corrected chi connectivity index (χ1v) is 8.36. The van der Waals surface area contributed by atoms with E-state index in [1.807, 2.05) is 13.8 Å². The molecule has 1 N–H and O–H groups in total. The Bertz CT molecular complexity index is 736. The molecule has 1 aromatic carbocycles. The minimum Gasteiger partial charge on any atom is -0.490 e. The molecule has 0 unspecified atom stereocenters. The van der Waals surface area contributed by atoms with Gasteiger partial charge in [-0.3, -0.25) is 9.78 Å². The molecule has 1 amide bonds. The smallest absolute Gasteiger partial charge is 0.272 e. The zero-order valence-corrected chi connectivity index (χ0v) is 14.9. The first kappa shape index (κ1) is 18.7. The van der Waals surface area contributed by atoms with Gasteiger partial charge in [0.15, 0.2) is 11.5 Å². The molecule has 0 bridgehead atoms. The van der Waals surface area contributed by atoms with E-state index < -0.39 is 0 Å². The SMILES string of the molecule is CCCOc1c(Cl)cc(C=NNC(=O)c2cccnc2)cc1OCC. The molecule has 2 rings (SSSR count). The number of ether oxygens (including phenoxy) is 2. The lowest BCUT2D eigenvalue weighted by Crippen LogP contribution is -2.17. The van der Waals surface area contributed by atoms with Crippen molar-refractivity contribution in [2.45, 2.75) is 20.3 Å². The molecule has 7 heteroatoms. The molecule has 0 saturated heterocycles. The van der Waals surface area contributed by atoms with Crippen LogP contribution in [0.3, 0.4) is 0 Å². The molecule has 0 radical (unpaired) electrons. The fourth-order valence-corrected chi connectivity index (χ4v) is 2.27. The Morgan fingerprint density at radius 1 is 1.36 bits per heavy atom. The summed E-state index contributed by atoms with van der Waals surface area (Å²) in [5.74, 6) is 0.716. The molecule has 1 aromatic heterocycles. The maximum atomic E-state index is 11.9. The van der Waals surface area contributed by atoms with Gasteiger partial charge in [0.1, 0.15) is 0 Å². The summed E-state index contributed by atoms with van der Waals surface area (Å²) in [5, 5.41) is 4.37. The van der Waals surface area contributed by atoms with Crippen LogP contribution in [0.4, 0.5) is 0 Å². The van der Waals surface area contributed by atoms with Crippen molar-refractivity contribution in [3.8, 4) is 11.5 Å². The van der Waals surface area contributed by atoms with E-state index in [0.29, 0.717) is 40.9 Å². The normalized spacial score (nSPS) is 10.7. The number of rotatable bonds is 8. The molecule has 0 fully saturated rings. The maximum Gasteiger partial charge on any atom is 0.272 e. The second kappa shape index (κ2) is 9.64. The molecule has 0 saturated carbocycles. The molecule has 0 aliphatic heterocycles. The minimum absolute atomic E-state index is 0.344. The van der Waals surface area contributed by atoms with Gasteiger partial charge >= 0.3 is 0 Å². The number of amides is 1. The third-order valence-electron chi connectivity index (χ3n) is 3.09. The molecular formula is C18H20ClN3O3. The zero-order valence-electron chi connectivity index (χ0n) is 14.2. The number of benzene rings is 1. The molecule has 6 nitrogen and oxygen atoms in total. The number of nitrogens with zero attached hydrogens (tertiary/aromatic N) is 2. The third-order valence-corrected chi connectivity index (χ3v) is 3.37. The molecule has 0 aliphatic rings. The zero-order chi connectivity index (χ0) is 18.1. The van der Waals surface area contributed by atoms with Crippen LogP contribution in [0.25, 0.3) is 0 Å². The highest BCUT2D eigenvalue weighted by atomic mass is 35.5. The van der Waals surface area contributed by atoms with Gasteiger partial charge in [0.05, 0.1) is 30.0 Å². The Hall–Kier alpha value is -2.60. The summed E-state index contributed by atoms with van der Waals surface area (Å²) in [4.78, 5) is 15.8. The summed E-state index contributed by atoms with van der Waals surface area (Å²) < 4.78 is 11.2. The summed E-state index contributed by atoms with van der Waals surface area (Å²) in [6.45, 7) is 4.93. The third kappa shape index (κ3) is 5.46. The molecule has 132 valence electrons. The predicted octanol–water partition coefficient (Wildman–Crippen LogP) is 3.69. The number of hydrazone groups is 1. The van der Waals surface area contributed by atoms with Crippen molar-refractivity contribution in [2.75, 3.05) is 13.2 Å². The van der Waals surface area contributed by atoms with Gasteiger partial charge in [-0.05, 0) is 43.2 Å². The number of hydrogen-bond acceptors (Lipinski definition) is 5. The van der Waals surface area contributed by atoms with Crippen molar-refractivity contribution in [1.29, 1.82) is 0 Å². The Kier molecular flexibility index (Phi) is 7.22. The van der Waals surface area contributed by atoms with Crippen LogP contribution in [-0.4, -0.2) is 30.3 Å². The van der Waals surface area contributed by atoms with Crippen LogP contribution in [0.1, 0.15) is 36.2 Å². The van der Waals surface area contributed by atoms with Crippen LogP contribution in [0, 0.1) is 0 Å². The Morgan fingerprint density at radius 2 is 2.20 bits per heavy atom. The van der Waals surface area contributed by atoms with Gasteiger partial charge in [-0.15, -0.1) is 0 Å². The van der Waals surface area contributed by atoms with Crippen molar-refractivity contribution in [3.05, 3.63) is 52.8 Å². The van der Waals surface area contributed by atoms with E-state index in [-0.39, 0.29) is 5.91 Å². The maximum absolute atomic E-state index is 11.9. The van der Waals surface area contributed by atoms with E-state index in [2.05, 4.69) is 15.5 Å². The van der Waals surface area contributed by atoms with Crippen LogP contribution in [0.15, 0.2) is 41.8 Å². The number of aromatic nitrogens is 1. The fraction of sp³-hybridized carbons (Fsp3) is 0.278. The van der Waals surface area contributed by atoms with Gasteiger partial charge < -0.3 is 9.47 Å². The molecule has 2 aromatic rings. The van der Waals surface area contributed by atoms with Crippen LogP contribution in [-0.2, 0) is 0 Å². The topological polar surface area (TPSA) is 72.8 Å². The Balaban J connectivity index is 2.12. The summed E-state index contributed by atoms with van der Waals surface area (Å²) in [6, 6.07) is 6.80. The molecule has 25 heavy (non-hydrogen) atoms. The van der Waals surface area contributed by atoms with E-state index in [9.17, 15) is 4.79 Å². The van der Waals surface area contributed by atoms with E-state index in [4.69, 9.17) is 21.1 Å². The summed E-state index contributed by atoms with van der Waals surface area (Å²) in [7, 11) is 0. The first-order valence-electron chi connectivity index (χ1n) is 7.98. The molecule has 1 heterocycles. The van der Waals surface area contributed by atoms with Crippen molar-refractivity contribution in [1.82, 2.24) is 10.4 Å². The highest BCUT2D eigenvalue weighted by molar-refractivity contribution is 6.32. The van der Waals surface area contributed by atoms with E-state index in [1.165, 1.54) is 12.4 Å². The average molecular weight is 362 g/mol.